The van der Waals surface area contributed by atoms with Gasteiger partial charge in [0, 0.05) is 12.4 Å². The molecule has 0 aliphatic rings. The first kappa shape index (κ1) is 9.29. The monoisotopic (exact) mass is 236 g/mol. The molecule has 6 heteroatoms. The van der Waals surface area contributed by atoms with Crippen LogP contribution in [-0.2, 0) is 0 Å². The second-order valence-electron chi connectivity index (χ2n) is 3.92. The number of hydrogen-bond donors (Lipinski definition) is 1. The number of imidazole rings is 1. The van der Waals surface area contributed by atoms with Crippen LogP contribution in [0.1, 0.15) is 0 Å². The Hall–Kier alpha value is -2.76. The molecule has 86 valence electrons. The lowest BCUT2D eigenvalue weighted by molar-refractivity contribution is 1.08. The molecule has 18 heavy (non-hydrogen) atoms. The zero-order valence-corrected chi connectivity index (χ0v) is 9.28. The van der Waals surface area contributed by atoms with E-state index in [1.54, 1.807) is 10.6 Å². The van der Waals surface area contributed by atoms with E-state index in [1.165, 1.54) is 0 Å². The number of benzene rings is 1. The summed E-state index contributed by atoms with van der Waals surface area (Å²) in [5, 5.41) is 8.12. The highest BCUT2D eigenvalue weighted by molar-refractivity contribution is 5.78. The minimum Gasteiger partial charge on any atom is -0.335 e. The van der Waals surface area contributed by atoms with Crippen LogP contribution in [0.2, 0.25) is 0 Å². The van der Waals surface area contributed by atoms with Crippen molar-refractivity contribution in [1.82, 2.24) is 29.5 Å². The second-order valence-corrected chi connectivity index (χ2v) is 3.92. The maximum atomic E-state index is 4.50. The predicted octanol–water partition coefficient (Wildman–Crippen LogP) is 1.67. The zero-order chi connectivity index (χ0) is 11.9. The predicted molar refractivity (Wildman–Crippen MR) is 65.9 cm³/mol. The smallest absolute Gasteiger partial charge is 0.255 e. The number of para-hydroxylation sites is 2. The molecule has 3 aromatic heterocycles. The van der Waals surface area contributed by atoms with Crippen molar-refractivity contribution in [3.05, 3.63) is 42.7 Å². The van der Waals surface area contributed by atoms with Crippen LogP contribution in [0.4, 0.5) is 0 Å². The van der Waals surface area contributed by atoms with Gasteiger partial charge in [0.05, 0.1) is 11.0 Å². The van der Waals surface area contributed by atoms with Gasteiger partial charge in [-0.3, -0.25) is 4.40 Å². The molecule has 0 atom stereocenters. The summed E-state index contributed by atoms with van der Waals surface area (Å²) in [6.07, 6.45) is 3.55. The zero-order valence-electron chi connectivity index (χ0n) is 9.28. The van der Waals surface area contributed by atoms with Crippen molar-refractivity contribution >= 4 is 16.8 Å². The molecular weight excluding hydrogens is 228 g/mol. The van der Waals surface area contributed by atoms with Crippen molar-refractivity contribution in [3.63, 3.8) is 0 Å². The van der Waals surface area contributed by atoms with Gasteiger partial charge in [0.15, 0.2) is 5.82 Å². The molecule has 6 nitrogen and oxygen atoms in total. The van der Waals surface area contributed by atoms with E-state index < -0.39 is 0 Å². The molecule has 4 rings (SSSR count). The third-order valence-electron chi connectivity index (χ3n) is 2.79. The molecule has 0 bridgehead atoms. The fourth-order valence-electron chi connectivity index (χ4n) is 1.96. The normalized spacial score (nSPS) is 11.3. The van der Waals surface area contributed by atoms with Crippen LogP contribution in [0.5, 0.6) is 0 Å². The number of hydrogen-bond acceptors (Lipinski definition) is 4. The van der Waals surface area contributed by atoms with Crippen molar-refractivity contribution in [1.29, 1.82) is 0 Å². The molecule has 0 aliphatic heterocycles. The first-order valence-electron chi connectivity index (χ1n) is 5.53. The van der Waals surface area contributed by atoms with E-state index in [0.717, 1.165) is 11.0 Å². The molecule has 4 aromatic rings. The van der Waals surface area contributed by atoms with E-state index in [2.05, 4.69) is 25.1 Å². The van der Waals surface area contributed by atoms with Crippen LogP contribution in [0.3, 0.4) is 0 Å². The highest BCUT2D eigenvalue weighted by Gasteiger charge is 2.12. The minimum atomic E-state index is 0.563. The quantitative estimate of drug-likeness (QED) is 0.545. The van der Waals surface area contributed by atoms with Crippen LogP contribution < -0.4 is 0 Å². The average Bonchev–Trinajstić information content (AvgIpc) is 3.02. The van der Waals surface area contributed by atoms with Crippen LogP contribution in [0.25, 0.3) is 28.5 Å². The summed E-state index contributed by atoms with van der Waals surface area (Å²) in [6.45, 7) is 0. The molecule has 0 spiro atoms. The molecular formula is C12H8N6. The molecule has 3 heterocycles. The lowest BCUT2D eigenvalue weighted by Crippen LogP contribution is -1.91. The number of H-pyrrole nitrogens is 1. The summed E-state index contributed by atoms with van der Waals surface area (Å²) < 4.78 is 1.80. The fraction of sp³-hybridized carbons (Fsp3) is 0. The Morgan fingerprint density at radius 3 is 2.94 bits per heavy atom. The highest BCUT2D eigenvalue weighted by Crippen LogP contribution is 2.18. The lowest BCUT2D eigenvalue weighted by Gasteiger charge is -1.93. The number of nitrogens with one attached hydrogen (secondary N) is 1. The summed E-state index contributed by atoms with van der Waals surface area (Å²) in [5.74, 6) is 1.92. The lowest BCUT2D eigenvalue weighted by atomic mass is 10.3. The number of aromatic amines is 1. The number of fused-ring (bicyclic) bond motifs is 2. The van der Waals surface area contributed by atoms with Crippen LogP contribution >= 0.6 is 0 Å². The fourth-order valence-corrected chi connectivity index (χ4v) is 1.96. The summed E-state index contributed by atoms with van der Waals surface area (Å²) in [7, 11) is 0. The molecule has 0 saturated carbocycles. The van der Waals surface area contributed by atoms with Gasteiger partial charge >= 0.3 is 0 Å². The Labute approximate surface area is 101 Å². The molecule has 0 fully saturated rings. The molecule has 0 aliphatic carbocycles. The number of rotatable bonds is 1. The highest BCUT2D eigenvalue weighted by atomic mass is 15.3. The van der Waals surface area contributed by atoms with Crippen molar-refractivity contribution in [2.45, 2.75) is 0 Å². The number of nitrogens with zero attached hydrogens (tertiary/aromatic N) is 5. The Morgan fingerprint density at radius 1 is 1.06 bits per heavy atom. The van der Waals surface area contributed by atoms with Gasteiger partial charge in [-0.1, -0.05) is 12.1 Å². The van der Waals surface area contributed by atoms with Crippen molar-refractivity contribution in [2.24, 2.45) is 0 Å². The summed E-state index contributed by atoms with van der Waals surface area (Å²) in [5.41, 5.74) is 1.89. The van der Waals surface area contributed by atoms with E-state index in [1.807, 2.05) is 36.5 Å². The van der Waals surface area contributed by atoms with E-state index in [9.17, 15) is 0 Å². The Bertz CT molecular complexity index is 811. The molecule has 0 amide bonds. The third kappa shape index (κ3) is 1.22. The van der Waals surface area contributed by atoms with E-state index in [-0.39, 0.29) is 0 Å². The van der Waals surface area contributed by atoms with Crippen LogP contribution in [0, 0.1) is 0 Å². The van der Waals surface area contributed by atoms with Crippen molar-refractivity contribution < 1.29 is 0 Å². The molecule has 0 saturated heterocycles. The van der Waals surface area contributed by atoms with E-state index >= 15 is 0 Å². The van der Waals surface area contributed by atoms with Crippen LogP contribution in [-0.4, -0.2) is 29.5 Å². The summed E-state index contributed by atoms with van der Waals surface area (Å²) in [4.78, 5) is 11.9. The summed E-state index contributed by atoms with van der Waals surface area (Å²) >= 11 is 0. The minimum absolute atomic E-state index is 0.563. The third-order valence-corrected chi connectivity index (χ3v) is 2.79. The molecule has 0 unspecified atom stereocenters. The Balaban J connectivity index is 2.01. The van der Waals surface area contributed by atoms with Gasteiger partial charge in [-0.2, -0.15) is 0 Å². The van der Waals surface area contributed by atoms with Gasteiger partial charge in [-0.05, 0) is 18.2 Å². The molecule has 0 radical (unpaired) electrons. The van der Waals surface area contributed by atoms with Crippen molar-refractivity contribution in [3.8, 4) is 11.6 Å². The van der Waals surface area contributed by atoms with Gasteiger partial charge in [0.25, 0.3) is 5.78 Å². The van der Waals surface area contributed by atoms with Gasteiger partial charge < -0.3 is 4.98 Å². The van der Waals surface area contributed by atoms with E-state index in [0.29, 0.717) is 17.4 Å². The maximum Gasteiger partial charge on any atom is 0.255 e. The molecule has 1 N–H and O–H groups in total. The van der Waals surface area contributed by atoms with Crippen molar-refractivity contribution in [2.75, 3.05) is 0 Å². The van der Waals surface area contributed by atoms with E-state index in [4.69, 9.17) is 0 Å². The van der Waals surface area contributed by atoms with Gasteiger partial charge in [-0.15, -0.1) is 10.2 Å². The largest absolute Gasteiger partial charge is 0.335 e. The van der Waals surface area contributed by atoms with Crippen LogP contribution in [0.15, 0.2) is 42.7 Å². The van der Waals surface area contributed by atoms with Gasteiger partial charge in [-0.25, -0.2) is 9.97 Å². The molecule has 1 aromatic carbocycles. The first-order valence-corrected chi connectivity index (χ1v) is 5.53. The maximum absolute atomic E-state index is 4.50. The van der Waals surface area contributed by atoms with Gasteiger partial charge in [0.2, 0.25) is 5.82 Å². The Kier molecular flexibility index (Phi) is 1.74. The van der Waals surface area contributed by atoms with Gasteiger partial charge in [0.1, 0.15) is 0 Å². The average molecular weight is 236 g/mol. The first-order chi connectivity index (χ1) is 8.92. The topological polar surface area (TPSA) is 71.8 Å². The summed E-state index contributed by atoms with van der Waals surface area (Å²) in [6, 6.07) is 9.69. The SMILES string of the molecule is c1ccc2[nH]c(-c3nnc4ncccn34)nc2c1. The number of aromatic nitrogens is 6. The Morgan fingerprint density at radius 2 is 2.00 bits per heavy atom. The standard InChI is InChI=1S/C12H8N6/c1-2-5-9-8(4-1)14-10(15-9)11-16-17-12-13-6-3-7-18(11)12/h1-7H,(H,14,15). The second kappa shape index (κ2) is 3.36.